The van der Waals surface area contributed by atoms with E-state index in [1.807, 2.05) is 0 Å². The van der Waals surface area contributed by atoms with Gasteiger partial charge in [-0.3, -0.25) is 0 Å². The second-order valence-electron chi connectivity index (χ2n) is 6.06. The van der Waals surface area contributed by atoms with E-state index in [0.29, 0.717) is 5.54 Å². The van der Waals surface area contributed by atoms with Crippen molar-refractivity contribution >= 4 is 0 Å². The number of hydrogen-bond donors (Lipinski definition) is 1. The van der Waals surface area contributed by atoms with Crippen LogP contribution in [0.4, 0.5) is 0 Å². The summed E-state index contributed by atoms with van der Waals surface area (Å²) >= 11 is 0. The van der Waals surface area contributed by atoms with Crippen LogP contribution in [0.2, 0.25) is 0 Å². The van der Waals surface area contributed by atoms with Crippen molar-refractivity contribution in [3.63, 3.8) is 0 Å². The van der Waals surface area contributed by atoms with Crippen LogP contribution in [0.15, 0.2) is 0 Å². The molecule has 1 aliphatic heterocycles. The van der Waals surface area contributed by atoms with E-state index in [1.54, 1.807) is 0 Å². The Morgan fingerprint density at radius 1 is 1.07 bits per heavy atom. The minimum atomic E-state index is 0.343. The van der Waals surface area contributed by atoms with Crippen LogP contribution in [-0.4, -0.2) is 36.1 Å². The molecule has 2 heteroatoms. The van der Waals surface area contributed by atoms with Gasteiger partial charge in [-0.15, -0.1) is 0 Å². The second-order valence-corrected chi connectivity index (χ2v) is 6.06. The first-order valence-corrected chi connectivity index (χ1v) is 6.55. The van der Waals surface area contributed by atoms with Gasteiger partial charge < -0.3 is 10.2 Å². The summed E-state index contributed by atoms with van der Waals surface area (Å²) < 4.78 is 0. The zero-order valence-corrected chi connectivity index (χ0v) is 10.6. The monoisotopic (exact) mass is 210 g/mol. The van der Waals surface area contributed by atoms with Crippen LogP contribution in [-0.2, 0) is 0 Å². The lowest BCUT2D eigenvalue weighted by molar-refractivity contribution is 0.107. The number of rotatable bonds is 2. The largest absolute Gasteiger partial charge is 0.312 e. The van der Waals surface area contributed by atoms with Crippen molar-refractivity contribution in [3.8, 4) is 0 Å². The van der Waals surface area contributed by atoms with Crippen molar-refractivity contribution in [2.24, 2.45) is 0 Å². The molecule has 2 rings (SSSR count). The van der Waals surface area contributed by atoms with E-state index in [1.165, 1.54) is 45.1 Å². The average molecular weight is 210 g/mol. The molecule has 2 fully saturated rings. The van der Waals surface area contributed by atoms with Crippen LogP contribution < -0.4 is 5.32 Å². The van der Waals surface area contributed by atoms with E-state index in [9.17, 15) is 0 Å². The quantitative estimate of drug-likeness (QED) is 0.753. The third-order valence-electron chi connectivity index (χ3n) is 4.30. The molecule has 2 aliphatic rings. The predicted molar refractivity (Wildman–Crippen MR) is 65.1 cm³/mol. The van der Waals surface area contributed by atoms with Gasteiger partial charge in [0.05, 0.1) is 0 Å². The van der Waals surface area contributed by atoms with Crippen LogP contribution in [0.5, 0.6) is 0 Å². The molecule has 1 saturated carbocycles. The third-order valence-corrected chi connectivity index (χ3v) is 4.30. The molecular weight excluding hydrogens is 184 g/mol. The van der Waals surface area contributed by atoms with Crippen molar-refractivity contribution in [3.05, 3.63) is 0 Å². The molecule has 0 aromatic heterocycles. The van der Waals surface area contributed by atoms with Gasteiger partial charge in [0.15, 0.2) is 0 Å². The van der Waals surface area contributed by atoms with E-state index >= 15 is 0 Å². The standard InChI is InChI=1S/C13H26N2/c1-13(2)10-12(8-9-14-13)15(3)11-6-4-5-7-11/h11-12,14H,4-10H2,1-3H3. The molecule has 15 heavy (non-hydrogen) atoms. The van der Waals surface area contributed by atoms with Gasteiger partial charge in [0.1, 0.15) is 0 Å². The molecule has 88 valence electrons. The first-order valence-electron chi connectivity index (χ1n) is 6.55. The summed E-state index contributed by atoms with van der Waals surface area (Å²) in [6.45, 7) is 5.86. The molecule has 0 aromatic carbocycles. The minimum absolute atomic E-state index is 0.343. The molecule has 0 aromatic rings. The molecule has 0 spiro atoms. The second kappa shape index (κ2) is 4.42. The van der Waals surface area contributed by atoms with Crippen LogP contribution in [0.3, 0.4) is 0 Å². The molecule has 1 N–H and O–H groups in total. The van der Waals surface area contributed by atoms with Gasteiger partial charge in [-0.05, 0) is 53.1 Å². The highest BCUT2D eigenvalue weighted by Gasteiger charge is 2.32. The van der Waals surface area contributed by atoms with Gasteiger partial charge in [-0.1, -0.05) is 12.8 Å². The fraction of sp³-hybridized carbons (Fsp3) is 1.00. The van der Waals surface area contributed by atoms with Crippen LogP contribution in [0.1, 0.15) is 52.4 Å². The lowest BCUT2D eigenvalue weighted by Gasteiger charge is -2.42. The van der Waals surface area contributed by atoms with Gasteiger partial charge >= 0.3 is 0 Å². The first kappa shape index (κ1) is 11.4. The molecule has 1 saturated heterocycles. The van der Waals surface area contributed by atoms with Crippen LogP contribution in [0.25, 0.3) is 0 Å². The predicted octanol–water partition coefficient (Wildman–Crippen LogP) is 2.39. The zero-order valence-electron chi connectivity index (χ0n) is 10.6. The smallest absolute Gasteiger partial charge is 0.0140 e. The van der Waals surface area contributed by atoms with Gasteiger partial charge in [0, 0.05) is 17.6 Å². The number of nitrogens with zero attached hydrogens (tertiary/aromatic N) is 1. The maximum Gasteiger partial charge on any atom is 0.0140 e. The summed E-state index contributed by atoms with van der Waals surface area (Å²) in [5.74, 6) is 0. The molecule has 1 unspecified atom stereocenters. The maximum atomic E-state index is 3.61. The number of piperidine rings is 1. The summed E-state index contributed by atoms with van der Waals surface area (Å²) in [4.78, 5) is 2.68. The topological polar surface area (TPSA) is 15.3 Å². The molecule has 1 atom stereocenters. The Bertz CT molecular complexity index is 207. The van der Waals surface area contributed by atoms with Crippen molar-refractivity contribution in [2.75, 3.05) is 13.6 Å². The summed E-state index contributed by atoms with van der Waals surface area (Å²) in [6.07, 6.45) is 8.39. The van der Waals surface area contributed by atoms with Crippen LogP contribution >= 0.6 is 0 Å². The number of hydrogen-bond acceptors (Lipinski definition) is 2. The van der Waals surface area contributed by atoms with Crippen molar-refractivity contribution in [1.29, 1.82) is 0 Å². The summed E-state index contributed by atoms with van der Waals surface area (Å²) in [5, 5.41) is 3.61. The Labute approximate surface area is 94.4 Å². The zero-order chi connectivity index (χ0) is 10.9. The Morgan fingerprint density at radius 2 is 1.73 bits per heavy atom. The molecule has 0 radical (unpaired) electrons. The molecule has 2 nitrogen and oxygen atoms in total. The van der Waals surface area contributed by atoms with E-state index in [2.05, 4.69) is 31.1 Å². The highest BCUT2D eigenvalue weighted by Crippen LogP contribution is 2.29. The molecule has 0 amide bonds. The third kappa shape index (κ3) is 2.73. The minimum Gasteiger partial charge on any atom is -0.312 e. The Hall–Kier alpha value is -0.0800. The van der Waals surface area contributed by atoms with Gasteiger partial charge in [-0.2, -0.15) is 0 Å². The van der Waals surface area contributed by atoms with Gasteiger partial charge in [0.2, 0.25) is 0 Å². The van der Waals surface area contributed by atoms with E-state index < -0.39 is 0 Å². The van der Waals surface area contributed by atoms with E-state index in [0.717, 1.165) is 12.1 Å². The van der Waals surface area contributed by atoms with Crippen molar-refractivity contribution in [2.45, 2.75) is 70.0 Å². The molecule has 1 aliphatic carbocycles. The normalized spacial score (nSPS) is 32.4. The Balaban J connectivity index is 1.91. The SMILES string of the molecule is CN(C1CCCC1)C1CCNC(C)(C)C1. The van der Waals surface area contributed by atoms with E-state index in [4.69, 9.17) is 0 Å². The highest BCUT2D eigenvalue weighted by atomic mass is 15.2. The lowest BCUT2D eigenvalue weighted by Crippen LogP contribution is -2.53. The fourth-order valence-electron chi connectivity index (χ4n) is 3.30. The fourth-order valence-corrected chi connectivity index (χ4v) is 3.30. The Kier molecular flexibility index (Phi) is 3.36. The molecule has 0 bridgehead atoms. The van der Waals surface area contributed by atoms with Crippen molar-refractivity contribution in [1.82, 2.24) is 10.2 Å². The highest BCUT2D eigenvalue weighted by molar-refractivity contribution is 4.92. The molecular formula is C13H26N2. The summed E-state index contributed by atoms with van der Waals surface area (Å²) in [6, 6.07) is 1.69. The lowest BCUT2D eigenvalue weighted by atomic mass is 9.88. The summed E-state index contributed by atoms with van der Waals surface area (Å²) in [7, 11) is 2.35. The average Bonchev–Trinajstić information content (AvgIpc) is 2.67. The maximum absolute atomic E-state index is 3.61. The number of nitrogens with one attached hydrogen (secondary N) is 1. The first-order chi connectivity index (χ1) is 7.08. The van der Waals surface area contributed by atoms with Crippen molar-refractivity contribution < 1.29 is 0 Å². The Morgan fingerprint density at radius 3 is 2.33 bits per heavy atom. The van der Waals surface area contributed by atoms with Crippen LogP contribution in [0, 0.1) is 0 Å². The van der Waals surface area contributed by atoms with Gasteiger partial charge in [-0.25, -0.2) is 0 Å². The molecule has 1 heterocycles. The van der Waals surface area contributed by atoms with E-state index in [-0.39, 0.29) is 0 Å². The van der Waals surface area contributed by atoms with Gasteiger partial charge in [0.25, 0.3) is 0 Å². The summed E-state index contributed by atoms with van der Waals surface area (Å²) in [5.41, 5.74) is 0.343.